The van der Waals surface area contributed by atoms with Crippen LogP contribution in [0.25, 0.3) is 16.9 Å². The van der Waals surface area contributed by atoms with Crippen LogP contribution in [0.5, 0.6) is 0 Å². The SMILES string of the molecule is CC[C@@]1(c2ccccc2)NC(=O)N(NC(=O)c2cn(-c3ccccc3)nc2-c2ccccc2)C1=O. The Morgan fingerprint density at radius 3 is 2.14 bits per heavy atom. The van der Waals surface area contributed by atoms with Gasteiger partial charge in [-0.1, -0.05) is 85.8 Å². The molecule has 35 heavy (non-hydrogen) atoms. The second-order valence-electron chi connectivity index (χ2n) is 8.17. The zero-order chi connectivity index (χ0) is 24.4. The van der Waals surface area contributed by atoms with E-state index in [4.69, 9.17) is 0 Å². The zero-order valence-electron chi connectivity index (χ0n) is 19.0. The minimum atomic E-state index is -1.25. The van der Waals surface area contributed by atoms with Gasteiger partial charge in [-0.3, -0.25) is 15.0 Å². The topological polar surface area (TPSA) is 96.3 Å². The fourth-order valence-corrected chi connectivity index (χ4v) is 4.26. The maximum atomic E-state index is 13.4. The van der Waals surface area contributed by atoms with E-state index in [-0.39, 0.29) is 5.56 Å². The van der Waals surface area contributed by atoms with Crippen molar-refractivity contribution >= 4 is 17.8 Å². The molecule has 1 fully saturated rings. The number of hydrazine groups is 1. The summed E-state index contributed by atoms with van der Waals surface area (Å²) in [7, 11) is 0. The third kappa shape index (κ3) is 3.85. The number of hydrogen-bond donors (Lipinski definition) is 2. The van der Waals surface area contributed by atoms with Crippen molar-refractivity contribution in [2.45, 2.75) is 18.9 Å². The van der Waals surface area contributed by atoms with Crippen LogP contribution in [0.1, 0.15) is 29.3 Å². The molecule has 1 aliphatic rings. The highest BCUT2D eigenvalue weighted by molar-refractivity contribution is 6.10. The Kier molecular flexibility index (Phi) is 5.62. The minimum absolute atomic E-state index is 0.231. The second kappa shape index (κ2) is 8.90. The van der Waals surface area contributed by atoms with Gasteiger partial charge in [0.05, 0.1) is 11.3 Å². The van der Waals surface area contributed by atoms with Crippen LogP contribution < -0.4 is 10.7 Å². The molecule has 0 radical (unpaired) electrons. The van der Waals surface area contributed by atoms with E-state index in [0.29, 0.717) is 17.7 Å². The quantitative estimate of drug-likeness (QED) is 0.420. The number of urea groups is 1. The third-order valence-corrected chi connectivity index (χ3v) is 6.13. The first-order valence-electron chi connectivity index (χ1n) is 11.3. The summed E-state index contributed by atoms with van der Waals surface area (Å²) in [6.45, 7) is 1.81. The minimum Gasteiger partial charge on any atom is -0.318 e. The van der Waals surface area contributed by atoms with Crippen molar-refractivity contribution in [2.75, 3.05) is 0 Å². The molecule has 0 bridgehead atoms. The summed E-state index contributed by atoms with van der Waals surface area (Å²) in [5, 5.41) is 8.16. The molecule has 2 N–H and O–H groups in total. The van der Waals surface area contributed by atoms with Crippen molar-refractivity contribution in [3.05, 3.63) is 108 Å². The predicted octanol–water partition coefficient (Wildman–Crippen LogP) is 4.04. The number of nitrogens with zero attached hydrogens (tertiary/aromatic N) is 3. The third-order valence-electron chi connectivity index (χ3n) is 6.13. The van der Waals surface area contributed by atoms with E-state index in [9.17, 15) is 14.4 Å². The van der Waals surface area contributed by atoms with Gasteiger partial charge in [0.25, 0.3) is 11.8 Å². The van der Waals surface area contributed by atoms with Crippen LogP contribution >= 0.6 is 0 Å². The number of aromatic nitrogens is 2. The summed E-state index contributed by atoms with van der Waals surface area (Å²) in [5.74, 6) is -1.16. The Morgan fingerprint density at radius 1 is 0.914 bits per heavy atom. The van der Waals surface area contributed by atoms with Gasteiger partial charge in [-0.05, 0) is 24.1 Å². The fourth-order valence-electron chi connectivity index (χ4n) is 4.26. The van der Waals surface area contributed by atoms with Crippen molar-refractivity contribution in [3.63, 3.8) is 0 Å². The molecular weight excluding hydrogens is 442 g/mol. The number of hydrogen-bond acceptors (Lipinski definition) is 4. The second-order valence-corrected chi connectivity index (χ2v) is 8.17. The molecule has 4 aromatic rings. The summed E-state index contributed by atoms with van der Waals surface area (Å²) in [6, 6.07) is 27.0. The van der Waals surface area contributed by atoms with Gasteiger partial charge in [0.1, 0.15) is 11.2 Å². The number of benzene rings is 3. The van der Waals surface area contributed by atoms with Crippen LogP contribution in [0.4, 0.5) is 4.79 Å². The van der Waals surface area contributed by atoms with E-state index in [2.05, 4.69) is 15.8 Å². The van der Waals surface area contributed by atoms with Crippen LogP contribution in [-0.4, -0.2) is 32.6 Å². The van der Waals surface area contributed by atoms with Gasteiger partial charge < -0.3 is 5.32 Å². The first kappa shape index (κ1) is 22.1. The largest absolute Gasteiger partial charge is 0.344 e. The van der Waals surface area contributed by atoms with Gasteiger partial charge in [-0.15, -0.1) is 0 Å². The molecule has 3 aromatic carbocycles. The van der Waals surface area contributed by atoms with E-state index < -0.39 is 23.4 Å². The molecule has 1 aromatic heterocycles. The Hall–Kier alpha value is -4.72. The van der Waals surface area contributed by atoms with Crippen molar-refractivity contribution in [1.29, 1.82) is 0 Å². The first-order chi connectivity index (χ1) is 17.0. The molecule has 1 aliphatic heterocycles. The average molecular weight is 466 g/mol. The predicted molar refractivity (Wildman–Crippen MR) is 130 cm³/mol. The lowest BCUT2D eigenvalue weighted by Crippen LogP contribution is -2.48. The summed E-state index contributed by atoms with van der Waals surface area (Å²) in [6.07, 6.45) is 1.92. The van der Waals surface area contributed by atoms with Crippen molar-refractivity contribution in [2.24, 2.45) is 0 Å². The van der Waals surface area contributed by atoms with Crippen LogP contribution in [0, 0.1) is 0 Å². The number of imide groups is 1. The monoisotopic (exact) mass is 465 g/mol. The van der Waals surface area contributed by atoms with E-state index >= 15 is 0 Å². The standard InChI is InChI=1S/C27H23N5O3/c1-2-27(20-14-8-4-9-15-20)25(34)32(26(35)28-27)30-24(33)22-18-31(21-16-10-5-11-17-21)29-23(22)19-12-6-3-7-13-19/h3-18H,2H2,1H3,(H,28,35)(H,30,33)/t27-/m0/s1. The van der Waals surface area contributed by atoms with E-state index in [0.717, 1.165) is 16.3 Å². The summed E-state index contributed by atoms with van der Waals surface area (Å²) < 4.78 is 1.60. The van der Waals surface area contributed by atoms with Gasteiger partial charge in [0, 0.05) is 11.8 Å². The maximum Gasteiger partial charge on any atom is 0.344 e. The lowest BCUT2D eigenvalue weighted by Gasteiger charge is -2.25. The molecule has 4 amide bonds. The molecule has 0 unspecified atom stereocenters. The van der Waals surface area contributed by atoms with Crippen molar-refractivity contribution < 1.29 is 14.4 Å². The van der Waals surface area contributed by atoms with Crippen LogP contribution in [0.3, 0.4) is 0 Å². The molecular formula is C27H23N5O3. The highest BCUT2D eigenvalue weighted by Gasteiger charge is 2.52. The van der Waals surface area contributed by atoms with Gasteiger partial charge in [-0.2, -0.15) is 10.1 Å². The average Bonchev–Trinajstić information content (AvgIpc) is 3.46. The molecule has 5 rings (SSSR count). The molecule has 174 valence electrons. The van der Waals surface area contributed by atoms with Crippen LogP contribution in [0.2, 0.25) is 0 Å². The van der Waals surface area contributed by atoms with Crippen molar-refractivity contribution in [3.8, 4) is 16.9 Å². The Morgan fingerprint density at radius 2 is 1.51 bits per heavy atom. The number of rotatable bonds is 6. The summed E-state index contributed by atoms with van der Waals surface area (Å²) in [5.41, 5.74) is 4.08. The lowest BCUT2D eigenvalue weighted by molar-refractivity contribution is -0.133. The Balaban J connectivity index is 1.50. The van der Waals surface area contributed by atoms with E-state index in [1.165, 1.54) is 0 Å². The molecule has 2 heterocycles. The lowest BCUT2D eigenvalue weighted by atomic mass is 9.87. The summed E-state index contributed by atoms with van der Waals surface area (Å²) >= 11 is 0. The molecule has 0 spiro atoms. The van der Waals surface area contributed by atoms with Crippen LogP contribution in [0.15, 0.2) is 97.2 Å². The Labute approximate surface area is 202 Å². The smallest absolute Gasteiger partial charge is 0.318 e. The van der Waals surface area contributed by atoms with Crippen LogP contribution in [-0.2, 0) is 10.3 Å². The molecule has 0 aliphatic carbocycles. The van der Waals surface area contributed by atoms with Gasteiger partial charge in [0.15, 0.2) is 0 Å². The number of carbonyl (C=O) groups is 3. The van der Waals surface area contributed by atoms with Gasteiger partial charge in [-0.25, -0.2) is 9.48 Å². The molecule has 1 atom stereocenters. The van der Waals surface area contributed by atoms with Crippen molar-refractivity contribution in [1.82, 2.24) is 25.5 Å². The van der Waals surface area contributed by atoms with Gasteiger partial charge in [0.2, 0.25) is 0 Å². The molecule has 1 saturated heterocycles. The maximum absolute atomic E-state index is 13.4. The number of amides is 4. The van der Waals surface area contributed by atoms with Gasteiger partial charge >= 0.3 is 6.03 Å². The first-order valence-corrected chi connectivity index (χ1v) is 11.3. The number of carbonyl (C=O) groups excluding carboxylic acids is 3. The molecule has 0 saturated carbocycles. The number of para-hydroxylation sites is 1. The normalized spacial score (nSPS) is 17.3. The number of nitrogens with one attached hydrogen (secondary N) is 2. The zero-order valence-corrected chi connectivity index (χ0v) is 19.0. The fraction of sp³-hybridized carbons (Fsp3) is 0.111. The molecule has 8 heteroatoms. The van der Waals surface area contributed by atoms with E-state index in [1.807, 2.05) is 73.7 Å². The van der Waals surface area contributed by atoms with E-state index in [1.54, 1.807) is 35.1 Å². The Bertz CT molecular complexity index is 1390. The highest BCUT2D eigenvalue weighted by atomic mass is 16.2. The highest BCUT2D eigenvalue weighted by Crippen LogP contribution is 2.32. The summed E-state index contributed by atoms with van der Waals surface area (Å²) in [4.78, 5) is 39.7. The molecule has 8 nitrogen and oxygen atoms in total.